The number of aryl methyl sites for hydroxylation is 1. The van der Waals surface area contributed by atoms with E-state index in [0.29, 0.717) is 6.42 Å². The molecule has 4 nitrogen and oxygen atoms in total. The van der Waals surface area contributed by atoms with Gasteiger partial charge in [-0.15, -0.1) is 0 Å². The second-order valence-electron chi connectivity index (χ2n) is 6.22. The number of carbonyl (C=O) groups is 1. The van der Waals surface area contributed by atoms with Crippen LogP contribution in [0.4, 0.5) is 5.82 Å². The number of unbranched alkanes of at least 4 members (excludes halogenated alkanes) is 1. The average molecular weight is 319 g/mol. The van der Waals surface area contributed by atoms with E-state index in [1.165, 1.54) is 0 Å². The van der Waals surface area contributed by atoms with Crippen molar-refractivity contribution in [3.8, 4) is 0 Å². The third-order valence-corrected chi connectivity index (χ3v) is 4.13. The van der Waals surface area contributed by atoms with E-state index in [9.17, 15) is 4.79 Å². The van der Waals surface area contributed by atoms with Crippen molar-refractivity contribution in [3.63, 3.8) is 0 Å². The molecule has 0 saturated carbocycles. The Morgan fingerprint density at radius 3 is 2.35 bits per heavy atom. The lowest BCUT2D eigenvalue weighted by Gasteiger charge is -2.32. The lowest BCUT2D eigenvalue weighted by Crippen LogP contribution is -2.41. The molecular formula is C19H33N3O. The first-order valence-electron chi connectivity index (χ1n) is 9.30. The van der Waals surface area contributed by atoms with Gasteiger partial charge in [0.25, 0.3) is 0 Å². The monoisotopic (exact) mass is 319 g/mol. The van der Waals surface area contributed by atoms with Crippen LogP contribution < -0.4 is 4.90 Å². The predicted octanol–water partition coefficient (Wildman–Crippen LogP) is 4.92. The van der Waals surface area contributed by atoms with Crippen LogP contribution in [-0.4, -0.2) is 21.9 Å². The van der Waals surface area contributed by atoms with Crippen LogP contribution in [0.5, 0.6) is 0 Å². The Balaban J connectivity index is 3.19. The van der Waals surface area contributed by atoms with Gasteiger partial charge >= 0.3 is 0 Å². The van der Waals surface area contributed by atoms with Crippen LogP contribution in [-0.2, 0) is 11.2 Å². The Labute approximate surface area is 141 Å². The molecule has 0 spiro atoms. The van der Waals surface area contributed by atoms with Gasteiger partial charge in [0.1, 0.15) is 12.1 Å². The van der Waals surface area contributed by atoms with Crippen LogP contribution in [0.1, 0.15) is 84.6 Å². The largest absolute Gasteiger partial charge is 0.293 e. The molecule has 1 rings (SSSR count). The molecule has 0 N–H and O–H groups in total. The van der Waals surface area contributed by atoms with Gasteiger partial charge in [-0.3, -0.25) is 9.69 Å². The van der Waals surface area contributed by atoms with E-state index in [4.69, 9.17) is 0 Å². The molecule has 0 fully saturated rings. The highest BCUT2D eigenvalue weighted by atomic mass is 16.2. The highest BCUT2D eigenvalue weighted by Gasteiger charge is 2.26. The summed E-state index contributed by atoms with van der Waals surface area (Å²) in [5.41, 5.74) is 1.11. The Bertz CT molecular complexity index is 456. The van der Waals surface area contributed by atoms with Gasteiger partial charge in [-0.25, -0.2) is 9.97 Å². The van der Waals surface area contributed by atoms with Crippen molar-refractivity contribution in [2.45, 2.75) is 91.5 Å². The number of carbonyl (C=O) groups excluding carboxylic acids is 1. The van der Waals surface area contributed by atoms with Gasteiger partial charge in [0.2, 0.25) is 5.91 Å². The maximum atomic E-state index is 12.8. The van der Waals surface area contributed by atoms with Crippen LogP contribution in [0, 0.1) is 0 Å². The molecule has 1 aromatic rings. The highest BCUT2D eigenvalue weighted by molar-refractivity contribution is 5.93. The summed E-state index contributed by atoms with van der Waals surface area (Å²) in [7, 11) is 0. The maximum Gasteiger partial charge on any atom is 0.228 e. The predicted molar refractivity (Wildman–Crippen MR) is 96.6 cm³/mol. The number of anilines is 1. The van der Waals surface area contributed by atoms with Crippen LogP contribution >= 0.6 is 0 Å². The van der Waals surface area contributed by atoms with Crippen molar-refractivity contribution in [2.75, 3.05) is 4.90 Å². The highest BCUT2D eigenvalue weighted by Crippen LogP contribution is 2.26. The fourth-order valence-corrected chi connectivity index (χ4v) is 3.01. The van der Waals surface area contributed by atoms with Crippen LogP contribution in [0.3, 0.4) is 0 Å². The zero-order chi connectivity index (χ0) is 17.1. The Kier molecular flexibility index (Phi) is 9.49. The smallest absolute Gasteiger partial charge is 0.228 e. The third-order valence-electron chi connectivity index (χ3n) is 4.13. The van der Waals surface area contributed by atoms with Gasteiger partial charge in [-0.1, -0.05) is 47.0 Å². The van der Waals surface area contributed by atoms with Crippen molar-refractivity contribution >= 4 is 11.7 Å². The summed E-state index contributed by atoms with van der Waals surface area (Å²) >= 11 is 0. The molecule has 0 atom stereocenters. The van der Waals surface area contributed by atoms with E-state index in [-0.39, 0.29) is 11.9 Å². The van der Waals surface area contributed by atoms with E-state index in [0.717, 1.165) is 62.7 Å². The molecule has 0 saturated heterocycles. The van der Waals surface area contributed by atoms with Crippen molar-refractivity contribution in [2.24, 2.45) is 0 Å². The first-order valence-corrected chi connectivity index (χ1v) is 9.30. The summed E-state index contributed by atoms with van der Waals surface area (Å²) in [6.45, 7) is 8.61. The number of rotatable bonds is 11. The Morgan fingerprint density at radius 1 is 1.09 bits per heavy atom. The van der Waals surface area contributed by atoms with Gasteiger partial charge in [-0.2, -0.15) is 0 Å². The topological polar surface area (TPSA) is 46.1 Å². The molecule has 0 unspecified atom stereocenters. The number of hydrogen-bond acceptors (Lipinski definition) is 3. The fourth-order valence-electron chi connectivity index (χ4n) is 3.01. The summed E-state index contributed by atoms with van der Waals surface area (Å²) in [6.07, 6.45) is 12.3. The van der Waals surface area contributed by atoms with Gasteiger partial charge in [-0.05, 0) is 32.1 Å². The number of aromatic nitrogens is 2. The minimum Gasteiger partial charge on any atom is -0.293 e. The third kappa shape index (κ3) is 5.92. The summed E-state index contributed by atoms with van der Waals surface area (Å²) in [5, 5.41) is 0. The Morgan fingerprint density at radius 2 is 1.78 bits per heavy atom. The summed E-state index contributed by atoms with van der Waals surface area (Å²) in [4.78, 5) is 23.5. The van der Waals surface area contributed by atoms with Gasteiger partial charge < -0.3 is 0 Å². The van der Waals surface area contributed by atoms with E-state index < -0.39 is 0 Å². The minimum atomic E-state index is 0.204. The summed E-state index contributed by atoms with van der Waals surface area (Å²) in [6, 6.07) is 0.249. The minimum absolute atomic E-state index is 0.204. The van der Waals surface area contributed by atoms with E-state index in [1.54, 1.807) is 6.33 Å². The van der Waals surface area contributed by atoms with E-state index in [2.05, 4.69) is 37.7 Å². The van der Waals surface area contributed by atoms with E-state index in [1.807, 2.05) is 11.1 Å². The zero-order valence-electron chi connectivity index (χ0n) is 15.3. The fraction of sp³-hybridized carbons (Fsp3) is 0.737. The molecule has 0 aliphatic heterocycles. The molecule has 130 valence electrons. The standard InChI is InChI=1S/C19H33N3O/c1-5-9-13-16-14-20-15-21-19(16)22(18(23)12-8-4)17(10-6-2)11-7-3/h14-15,17H,5-13H2,1-4H3. The van der Waals surface area contributed by atoms with Gasteiger partial charge in [0.05, 0.1) is 0 Å². The van der Waals surface area contributed by atoms with Gasteiger partial charge in [0.15, 0.2) is 0 Å². The molecule has 1 heterocycles. The number of hydrogen-bond donors (Lipinski definition) is 0. The molecular weight excluding hydrogens is 286 g/mol. The molecule has 1 amide bonds. The van der Waals surface area contributed by atoms with Crippen molar-refractivity contribution in [3.05, 3.63) is 18.1 Å². The van der Waals surface area contributed by atoms with E-state index >= 15 is 0 Å². The summed E-state index contributed by atoms with van der Waals surface area (Å²) in [5.74, 6) is 1.05. The summed E-state index contributed by atoms with van der Waals surface area (Å²) < 4.78 is 0. The van der Waals surface area contributed by atoms with Gasteiger partial charge in [0, 0.05) is 24.2 Å². The Hall–Kier alpha value is -1.45. The molecule has 1 aromatic heterocycles. The molecule has 23 heavy (non-hydrogen) atoms. The second kappa shape index (κ2) is 11.1. The molecule has 0 radical (unpaired) electrons. The molecule has 0 aliphatic rings. The first-order chi connectivity index (χ1) is 11.2. The lowest BCUT2D eigenvalue weighted by molar-refractivity contribution is -0.119. The number of amides is 1. The SMILES string of the molecule is CCCCc1cncnc1N(C(=O)CCC)C(CCC)CCC. The first kappa shape index (κ1) is 19.6. The molecule has 0 aliphatic carbocycles. The van der Waals surface area contributed by atoms with Crippen LogP contribution in [0.2, 0.25) is 0 Å². The second-order valence-corrected chi connectivity index (χ2v) is 6.22. The normalized spacial score (nSPS) is 11.0. The quantitative estimate of drug-likeness (QED) is 0.581. The number of nitrogens with zero attached hydrogens (tertiary/aromatic N) is 3. The van der Waals surface area contributed by atoms with Crippen molar-refractivity contribution in [1.82, 2.24) is 9.97 Å². The van der Waals surface area contributed by atoms with Crippen molar-refractivity contribution < 1.29 is 4.79 Å². The molecule has 4 heteroatoms. The average Bonchev–Trinajstić information content (AvgIpc) is 2.55. The lowest BCUT2D eigenvalue weighted by atomic mass is 10.0. The van der Waals surface area contributed by atoms with Crippen molar-refractivity contribution in [1.29, 1.82) is 0 Å². The zero-order valence-corrected chi connectivity index (χ0v) is 15.3. The van der Waals surface area contributed by atoms with Crippen LogP contribution in [0.15, 0.2) is 12.5 Å². The molecule has 0 bridgehead atoms. The maximum absolute atomic E-state index is 12.8. The molecule has 0 aromatic carbocycles. The van der Waals surface area contributed by atoms with Crippen LogP contribution in [0.25, 0.3) is 0 Å².